The summed E-state index contributed by atoms with van der Waals surface area (Å²) in [6.07, 6.45) is 2.52. The van der Waals surface area contributed by atoms with E-state index >= 15 is 0 Å². The molecule has 0 bridgehead atoms. The summed E-state index contributed by atoms with van der Waals surface area (Å²) in [4.78, 5) is 12.6. The van der Waals surface area contributed by atoms with E-state index < -0.39 is 0 Å². The maximum absolute atomic E-state index is 11.8. The van der Waals surface area contributed by atoms with Crippen LogP contribution in [0.5, 0.6) is 0 Å². The first-order valence-corrected chi connectivity index (χ1v) is 6.75. The fraction of sp³-hybridized carbons (Fsp3) is 0.545. The van der Waals surface area contributed by atoms with Crippen molar-refractivity contribution < 1.29 is 4.79 Å². The zero-order valence-electron chi connectivity index (χ0n) is 8.84. The largest absolute Gasteiger partial charge is 0.349 e. The lowest BCUT2D eigenvalue weighted by atomic mass is 10.2. The number of hydrogen-bond acceptors (Lipinski definition) is 2. The monoisotopic (exact) mass is 287 g/mol. The third-order valence-corrected chi connectivity index (χ3v) is 4.90. The summed E-state index contributed by atoms with van der Waals surface area (Å²) >= 11 is 4.93. The summed E-state index contributed by atoms with van der Waals surface area (Å²) in [5, 5.41) is 3.05. The molecule has 0 spiro atoms. The predicted octanol–water partition coefficient (Wildman–Crippen LogP) is 3.35. The molecule has 1 N–H and O–H groups in total. The van der Waals surface area contributed by atoms with Gasteiger partial charge in [0.25, 0.3) is 5.91 Å². The first-order valence-electron chi connectivity index (χ1n) is 5.14. The van der Waals surface area contributed by atoms with Crippen molar-refractivity contribution in [2.75, 3.05) is 0 Å². The Morgan fingerprint density at radius 2 is 2.33 bits per heavy atom. The highest BCUT2D eigenvalue weighted by molar-refractivity contribution is 9.11. The fourth-order valence-corrected chi connectivity index (χ4v) is 3.00. The molecule has 82 valence electrons. The highest BCUT2D eigenvalue weighted by Gasteiger charge is 2.29. The molecule has 4 heteroatoms. The van der Waals surface area contributed by atoms with E-state index in [1.54, 1.807) is 0 Å². The minimum Gasteiger partial charge on any atom is -0.349 e. The lowest BCUT2D eigenvalue weighted by molar-refractivity contribution is 0.0940. The minimum absolute atomic E-state index is 0.0631. The van der Waals surface area contributed by atoms with E-state index in [0.717, 1.165) is 14.2 Å². The molecule has 0 aliphatic heterocycles. The predicted molar refractivity (Wildman–Crippen MR) is 66.4 cm³/mol. The quantitative estimate of drug-likeness (QED) is 0.908. The fourth-order valence-electron chi connectivity index (χ4n) is 1.56. The van der Waals surface area contributed by atoms with Crippen LogP contribution in [0.15, 0.2) is 9.85 Å². The number of aryl methyl sites for hydroxylation is 1. The molecule has 1 fully saturated rings. The Kier molecular flexibility index (Phi) is 3.16. The Balaban J connectivity index is 2.00. The van der Waals surface area contributed by atoms with Crippen molar-refractivity contribution in [1.29, 1.82) is 0 Å². The van der Waals surface area contributed by atoms with Crippen molar-refractivity contribution in [2.45, 2.75) is 32.7 Å². The van der Waals surface area contributed by atoms with Crippen LogP contribution < -0.4 is 5.32 Å². The average Bonchev–Trinajstić information content (AvgIpc) is 2.95. The number of rotatable bonds is 3. The summed E-state index contributed by atoms with van der Waals surface area (Å²) in [6.45, 7) is 4.09. The van der Waals surface area contributed by atoms with Crippen LogP contribution in [0.25, 0.3) is 0 Å². The molecule has 2 rings (SSSR count). The van der Waals surface area contributed by atoms with Gasteiger partial charge >= 0.3 is 0 Å². The van der Waals surface area contributed by atoms with Gasteiger partial charge in [0, 0.05) is 6.04 Å². The van der Waals surface area contributed by atoms with Crippen LogP contribution in [-0.2, 0) is 0 Å². The number of hydrogen-bond donors (Lipinski definition) is 1. The van der Waals surface area contributed by atoms with E-state index in [0.29, 0.717) is 12.0 Å². The zero-order chi connectivity index (χ0) is 11.0. The van der Waals surface area contributed by atoms with Crippen LogP contribution in [0.2, 0.25) is 0 Å². The van der Waals surface area contributed by atoms with Crippen LogP contribution in [0.3, 0.4) is 0 Å². The Morgan fingerprint density at radius 1 is 1.67 bits per heavy atom. The van der Waals surface area contributed by atoms with Gasteiger partial charge in [0.15, 0.2) is 0 Å². The lowest BCUT2D eigenvalue weighted by Gasteiger charge is -2.11. The lowest BCUT2D eigenvalue weighted by Crippen LogP contribution is -2.33. The normalized spacial score (nSPS) is 17.5. The smallest absolute Gasteiger partial charge is 0.261 e. The maximum Gasteiger partial charge on any atom is 0.261 e. The van der Waals surface area contributed by atoms with Gasteiger partial charge in [-0.1, -0.05) is 0 Å². The number of nitrogens with one attached hydrogen (secondary N) is 1. The average molecular weight is 288 g/mol. The van der Waals surface area contributed by atoms with E-state index in [1.165, 1.54) is 24.2 Å². The Hall–Kier alpha value is -0.350. The van der Waals surface area contributed by atoms with Crippen molar-refractivity contribution in [3.8, 4) is 0 Å². The molecule has 0 saturated heterocycles. The molecule has 1 aliphatic carbocycles. The standard InChI is InChI=1S/C11H14BrNOS/c1-6-5-9(15-10(6)12)11(14)13-7(2)8-3-4-8/h5,7-8H,3-4H2,1-2H3,(H,13,14). The third-order valence-electron chi connectivity index (χ3n) is 2.77. The van der Waals surface area contributed by atoms with Gasteiger partial charge in [-0.3, -0.25) is 4.79 Å². The highest BCUT2D eigenvalue weighted by Crippen LogP contribution is 2.33. The number of halogens is 1. The zero-order valence-corrected chi connectivity index (χ0v) is 11.2. The SMILES string of the molecule is Cc1cc(C(=O)NC(C)C2CC2)sc1Br. The summed E-state index contributed by atoms with van der Waals surface area (Å²) < 4.78 is 1.05. The second kappa shape index (κ2) is 4.26. The van der Waals surface area contributed by atoms with Crippen molar-refractivity contribution in [1.82, 2.24) is 5.32 Å². The number of thiophene rings is 1. The van der Waals surface area contributed by atoms with Gasteiger partial charge < -0.3 is 5.32 Å². The second-order valence-corrected chi connectivity index (χ2v) is 6.54. The molecule has 1 aromatic heterocycles. The van der Waals surface area contributed by atoms with Crippen molar-refractivity contribution >= 4 is 33.2 Å². The van der Waals surface area contributed by atoms with E-state index in [4.69, 9.17) is 0 Å². The summed E-state index contributed by atoms with van der Waals surface area (Å²) in [6, 6.07) is 2.25. The summed E-state index contributed by atoms with van der Waals surface area (Å²) in [7, 11) is 0. The molecule has 2 nitrogen and oxygen atoms in total. The second-order valence-electron chi connectivity index (χ2n) is 4.17. The highest BCUT2D eigenvalue weighted by atomic mass is 79.9. The van der Waals surface area contributed by atoms with Crippen molar-refractivity contribution in [3.63, 3.8) is 0 Å². The van der Waals surface area contributed by atoms with Gasteiger partial charge in [0.1, 0.15) is 0 Å². The molecule has 1 atom stereocenters. The van der Waals surface area contributed by atoms with E-state index in [1.807, 2.05) is 13.0 Å². The first kappa shape index (κ1) is 11.1. The Bertz CT molecular complexity index is 364. The molecule has 0 aromatic carbocycles. The number of carbonyl (C=O) groups is 1. The van der Waals surface area contributed by atoms with Gasteiger partial charge in [-0.2, -0.15) is 0 Å². The molecule has 1 heterocycles. The molecule has 0 radical (unpaired) electrons. The van der Waals surface area contributed by atoms with Crippen LogP contribution in [0, 0.1) is 12.8 Å². The Labute approximate surface area is 102 Å². The third kappa shape index (κ3) is 2.61. The van der Waals surface area contributed by atoms with Gasteiger partial charge in [0.2, 0.25) is 0 Å². The van der Waals surface area contributed by atoms with Gasteiger partial charge in [-0.15, -0.1) is 11.3 Å². The van der Waals surface area contributed by atoms with Crippen LogP contribution in [0.1, 0.15) is 35.0 Å². The van der Waals surface area contributed by atoms with Crippen LogP contribution in [-0.4, -0.2) is 11.9 Å². The number of amides is 1. The molecule has 1 amide bonds. The molecule has 1 aliphatic rings. The van der Waals surface area contributed by atoms with E-state index in [9.17, 15) is 4.79 Å². The molecule has 1 saturated carbocycles. The molecular formula is C11H14BrNOS. The van der Waals surface area contributed by atoms with Gasteiger partial charge in [0.05, 0.1) is 8.66 Å². The van der Waals surface area contributed by atoms with Crippen molar-refractivity contribution in [2.24, 2.45) is 5.92 Å². The molecule has 1 unspecified atom stereocenters. The first-order chi connectivity index (χ1) is 7.08. The summed E-state index contributed by atoms with van der Waals surface area (Å²) in [5.41, 5.74) is 1.13. The Morgan fingerprint density at radius 3 is 2.80 bits per heavy atom. The van der Waals surface area contributed by atoms with Gasteiger partial charge in [-0.05, 0) is 60.2 Å². The van der Waals surface area contributed by atoms with Crippen LogP contribution >= 0.6 is 27.3 Å². The topological polar surface area (TPSA) is 29.1 Å². The molecule has 1 aromatic rings. The minimum atomic E-state index is 0.0631. The maximum atomic E-state index is 11.8. The summed E-state index contributed by atoms with van der Waals surface area (Å²) in [5.74, 6) is 0.770. The van der Waals surface area contributed by atoms with Crippen molar-refractivity contribution in [3.05, 3.63) is 20.3 Å². The van der Waals surface area contributed by atoms with E-state index in [2.05, 4.69) is 28.2 Å². The molecule has 15 heavy (non-hydrogen) atoms. The molecular weight excluding hydrogens is 274 g/mol. The van der Waals surface area contributed by atoms with Gasteiger partial charge in [-0.25, -0.2) is 0 Å². The van der Waals surface area contributed by atoms with Crippen LogP contribution in [0.4, 0.5) is 0 Å². The van der Waals surface area contributed by atoms with E-state index in [-0.39, 0.29) is 5.91 Å². The number of carbonyl (C=O) groups excluding carboxylic acids is 1.